The van der Waals surface area contributed by atoms with Gasteiger partial charge in [0.2, 0.25) is 0 Å². The molecule has 0 saturated carbocycles. The van der Waals surface area contributed by atoms with E-state index in [1.807, 2.05) is 29.2 Å². The maximum atomic E-state index is 12.9. The Bertz CT molecular complexity index is 1100. The average Bonchev–Trinajstić information content (AvgIpc) is 3.12. The van der Waals surface area contributed by atoms with E-state index in [-0.39, 0.29) is 17.6 Å². The fourth-order valence-electron chi connectivity index (χ4n) is 3.87. The van der Waals surface area contributed by atoms with Crippen LogP contribution in [-0.2, 0) is 0 Å². The Kier molecular flexibility index (Phi) is 5.09. The third kappa shape index (κ3) is 3.88. The molecule has 1 N–H and O–H groups in total. The summed E-state index contributed by atoms with van der Waals surface area (Å²) >= 11 is 0. The summed E-state index contributed by atoms with van der Waals surface area (Å²) in [7, 11) is 0. The molecule has 6 heteroatoms. The van der Waals surface area contributed by atoms with Crippen LogP contribution in [0.1, 0.15) is 58.9 Å². The summed E-state index contributed by atoms with van der Waals surface area (Å²) in [6.07, 6.45) is 1.26. The van der Waals surface area contributed by atoms with E-state index in [4.69, 9.17) is 4.42 Å². The molecule has 6 nitrogen and oxygen atoms in total. The van der Waals surface area contributed by atoms with E-state index >= 15 is 0 Å². The normalized spacial score (nSPS) is 15.2. The largest absolute Gasteiger partial charge is 0.417 e. The van der Waals surface area contributed by atoms with Gasteiger partial charge in [-0.25, -0.2) is 4.79 Å². The molecule has 1 aromatic heterocycles. The first kappa shape index (κ1) is 19.2. The second-order valence-electron chi connectivity index (χ2n) is 7.93. The monoisotopic (exact) mass is 392 g/mol. The third-order valence-electron chi connectivity index (χ3n) is 5.68. The number of nitrogens with one attached hydrogen (secondary N) is 1. The first-order valence-corrected chi connectivity index (χ1v) is 9.98. The van der Waals surface area contributed by atoms with Gasteiger partial charge in [0, 0.05) is 30.1 Å². The molecule has 0 radical (unpaired) electrons. The van der Waals surface area contributed by atoms with Crippen LogP contribution in [0.5, 0.6) is 0 Å². The zero-order chi connectivity index (χ0) is 20.5. The summed E-state index contributed by atoms with van der Waals surface area (Å²) in [6.45, 7) is 5.37. The molecule has 0 unspecified atom stereocenters. The maximum absolute atomic E-state index is 12.9. The van der Waals surface area contributed by atoms with Gasteiger partial charge >= 0.3 is 5.76 Å². The third-order valence-corrected chi connectivity index (χ3v) is 5.68. The summed E-state index contributed by atoms with van der Waals surface area (Å²) in [6, 6.07) is 12.8. The number of ketones is 1. The molecule has 3 aromatic rings. The fraction of sp³-hybridized carbons (Fsp3) is 0.348. The topological polar surface area (TPSA) is 83.4 Å². The van der Waals surface area contributed by atoms with Crippen LogP contribution in [0.25, 0.3) is 11.1 Å². The number of aromatic amines is 1. The number of hydrogen-bond acceptors (Lipinski definition) is 4. The Morgan fingerprint density at radius 3 is 2.34 bits per heavy atom. The number of Topliss-reactive ketones (excluding diaryl/α,β-unsaturated/α-hetero) is 1. The van der Waals surface area contributed by atoms with Crippen molar-refractivity contribution in [2.75, 3.05) is 13.1 Å². The molecule has 0 aliphatic carbocycles. The van der Waals surface area contributed by atoms with Crippen molar-refractivity contribution >= 4 is 22.8 Å². The highest BCUT2D eigenvalue weighted by Crippen LogP contribution is 2.25. The number of carbonyl (C=O) groups excluding carboxylic acids is 2. The summed E-state index contributed by atoms with van der Waals surface area (Å²) in [5.41, 5.74) is 3.40. The second-order valence-corrected chi connectivity index (χ2v) is 7.93. The number of H-pyrrole nitrogens is 1. The molecule has 0 spiro atoms. The van der Waals surface area contributed by atoms with E-state index in [9.17, 15) is 14.4 Å². The van der Waals surface area contributed by atoms with Gasteiger partial charge in [0.05, 0.1) is 5.52 Å². The lowest BCUT2D eigenvalue weighted by Gasteiger charge is -2.31. The van der Waals surface area contributed by atoms with Gasteiger partial charge in [0.25, 0.3) is 5.91 Å². The first-order chi connectivity index (χ1) is 13.9. The van der Waals surface area contributed by atoms with Crippen molar-refractivity contribution in [1.29, 1.82) is 0 Å². The van der Waals surface area contributed by atoms with E-state index in [2.05, 4.69) is 18.8 Å². The minimum atomic E-state index is -0.530. The molecule has 150 valence electrons. The van der Waals surface area contributed by atoms with E-state index < -0.39 is 5.76 Å². The number of amides is 1. The van der Waals surface area contributed by atoms with Crippen molar-refractivity contribution in [3.8, 4) is 0 Å². The molecule has 2 heterocycles. The quantitative estimate of drug-likeness (QED) is 0.681. The van der Waals surface area contributed by atoms with Gasteiger partial charge in [-0.15, -0.1) is 0 Å². The molecule has 1 fully saturated rings. The zero-order valence-electron chi connectivity index (χ0n) is 16.6. The smallest absolute Gasteiger partial charge is 0.408 e. The Balaban J connectivity index is 1.40. The molecule has 1 amide bonds. The molecule has 2 aromatic carbocycles. The van der Waals surface area contributed by atoms with Crippen molar-refractivity contribution in [3.63, 3.8) is 0 Å². The number of aromatic nitrogens is 1. The SMILES string of the molecule is CC(C)c1ccc(C(=O)N2CCC(C(=O)c3ccc4[nH]c(=O)oc4c3)CC2)cc1. The van der Waals surface area contributed by atoms with Crippen LogP contribution in [0.3, 0.4) is 0 Å². The lowest BCUT2D eigenvalue weighted by molar-refractivity contribution is 0.0650. The van der Waals surface area contributed by atoms with Gasteiger partial charge in [0.1, 0.15) is 0 Å². The molecule has 1 aliphatic heterocycles. The lowest BCUT2D eigenvalue weighted by Crippen LogP contribution is -2.40. The van der Waals surface area contributed by atoms with E-state index in [1.54, 1.807) is 18.2 Å². The molecular weight excluding hydrogens is 368 g/mol. The van der Waals surface area contributed by atoms with Crippen molar-refractivity contribution in [2.45, 2.75) is 32.6 Å². The highest BCUT2D eigenvalue weighted by atomic mass is 16.4. The van der Waals surface area contributed by atoms with Crippen LogP contribution in [-0.4, -0.2) is 34.7 Å². The van der Waals surface area contributed by atoms with Crippen molar-refractivity contribution in [1.82, 2.24) is 9.88 Å². The number of likely N-dealkylation sites (tertiary alicyclic amines) is 1. The highest BCUT2D eigenvalue weighted by Gasteiger charge is 2.28. The minimum absolute atomic E-state index is 0.0155. The molecule has 1 aliphatic rings. The highest BCUT2D eigenvalue weighted by molar-refractivity contribution is 6.00. The van der Waals surface area contributed by atoms with Gasteiger partial charge in [-0.1, -0.05) is 26.0 Å². The van der Waals surface area contributed by atoms with Gasteiger partial charge in [0.15, 0.2) is 11.4 Å². The number of benzene rings is 2. The standard InChI is InChI=1S/C23H24N2O4/c1-14(2)15-3-5-17(6-4-15)22(27)25-11-9-16(10-12-25)21(26)18-7-8-19-20(13-18)29-23(28)24-19/h3-8,13-14,16H,9-12H2,1-2H3,(H,24,28). The summed E-state index contributed by atoms with van der Waals surface area (Å²) in [4.78, 5) is 41.3. The predicted octanol–water partition coefficient (Wildman–Crippen LogP) is 3.98. The number of piperidine rings is 1. The maximum Gasteiger partial charge on any atom is 0.417 e. The number of carbonyl (C=O) groups is 2. The van der Waals surface area contributed by atoms with Crippen LogP contribution in [0.15, 0.2) is 51.7 Å². The number of fused-ring (bicyclic) bond motifs is 1. The van der Waals surface area contributed by atoms with Gasteiger partial charge in [-0.3, -0.25) is 14.6 Å². The van der Waals surface area contributed by atoms with Gasteiger partial charge in [-0.2, -0.15) is 0 Å². The Hall–Kier alpha value is -3.15. The number of oxazole rings is 1. The molecule has 4 rings (SSSR count). The van der Waals surface area contributed by atoms with E-state index in [1.165, 1.54) is 5.56 Å². The number of rotatable bonds is 4. The van der Waals surface area contributed by atoms with Crippen LogP contribution in [0.4, 0.5) is 0 Å². The number of nitrogens with zero attached hydrogens (tertiary/aromatic N) is 1. The summed E-state index contributed by atoms with van der Waals surface area (Å²) < 4.78 is 5.05. The minimum Gasteiger partial charge on any atom is -0.408 e. The zero-order valence-corrected chi connectivity index (χ0v) is 16.6. The van der Waals surface area contributed by atoms with Crippen molar-refractivity contribution in [3.05, 3.63) is 69.7 Å². The second kappa shape index (κ2) is 7.70. The predicted molar refractivity (Wildman–Crippen MR) is 110 cm³/mol. The van der Waals surface area contributed by atoms with Crippen molar-refractivity contribution in [2.24, 2.45) is 5.92 Å². The first-order valence-electron chi connectivity index (χ1n) is 9.98. The van der Waals surface area contributed by atoms with Crippen molar-refractivity contribution < 1.29 is 14.0 Å². The van der Waals surface area contributed by atoms with Gasteiger partial charge in [-0.05, 0) is 54.7 Å². The van der Waals surface area contributed by atoms with Crippen LogP contribution >= 0.6 is 0 Å². The Morgan fingerprint density at radius 1 is 1.03 bits per heavy atom. The Labute approximate surface area is 168 Å². The molecule has 29 heavy (non-hydrogen) atoms. The molecule has 0 bridgehead atoms. The Morgan fingerprint density at radius 2 is 1.69 bits per heavy atom. The summed E-state index contributed by atoms with van der Waals surface area (Å²) in [5.74, 6) is -0.186. The summed E-state index contributed by atoms with van der Waals surface area (Å²) in [5, 5.41) is 0. The van der Waals surface area contributed by atoms with Gasteiger partial charge < -0.3 is 9.32 Å². The molecule has 0 atom stereocenters. The average molecular weight is 392 g/mol. The fourth-order valence-corrected chi connectivity index (χ4v) is 3.87. The van der Waals surface area contributed by atoms with E-state index in [0.29, 0.717) is 54.1 Å². The molecule has 1 saturated heterocycles. The van der Waals surface area contributed by atoms with Crippen LogP contribution in [0, 0.1) is 5.92 Å². The van der Waals surface area contributed by atoms with Crippen LogP contribution in [0.2, 0.25) is 0 Å². The van der Waals surface area contributed by atoms with Crippen LogP contribution < -0.4 is 5.76 Å². The van der Waals surface area contributed by atoms with E-state index in [0.717, 1.165) is 0 Å². The lowest BCUT2D eigenvalue weighted by atomic mass is 9.88. The molecular formula is C23H24N2O4. The number of hydrogen-bond donors (Lipinski definition) is 1.